The largest absolute Gasteiger partial charge is 0.309 e. The molecule has 0 unspecified atom stereocenters. The standard InChI is InChI=1S/C46H33N5/c1-3-32(35-22-23-44-40(29-35)38-19-11-13-21-43(38)51(44)36-24-26-47-27-25-36)28-39-31(2)50(42-20-12-10-18-37(39)42)45-30-41(33-14-6-4-7-15-33)48-46(49-45)34-16-8-5-9-17-34/h3-30H,1H2,2H3/b32-28+. The fraction of sp³-hybridized carbons (Fsp3) is 0.0217. The van der Waals surface area contributed by atoms with E-state index in [2.05, 4.69) is 143 Å². The number of fused-ring (bicyclic) bond motifs is 4. The number of hydrogen-bond acceptors (Lipinski definition) is 3. The number of rotatable bonds is 7. The van der Waals surface area contributed by atoms with Crippen molar-refractivity contribution in [2.24, 2.45) is 0 Å². The number of nitrogens with zero attached hydrogens (tertiary/aromatic N) is 5. The van der Waals surface area contributed by atoms with E-state index in [1.165, 1.54) is 10.8 Å². The predicted molar refractivity (Wildman–Crippen MR) is 211 cm³/mol. The van der Waals surface area contributed by atoms with Gasteiger partial charge in [0.1, 0.15) is 5.82 Å². The third-order valence-corrected chi connectivity index (χ3v) is 9.65. The summed E-state index contributed by atoms with van der Waals surface area (Å²) in [6.07, 6.45) is 7.91. The first kappa shape index (κ1) is 30.2. The second kappa shape index (κ2) is 12.6. The molecule has 4 heterocycles. The van der Waals surface area contributed by atoms with E-state index in [1.807, 2.05) is 54.9 Å². The van der Waals surface area contributed by atoms with Crippen molar-refractivity contribution in [3.8, 4) is 34.2 Å². The van der Waals surface area contributed by atoms with Crippen LogP contribution in [0.2, 0.25) is 0 Å². The lowest BCUT2D eigenvalue weighted by Gasteiger charge is -2.12. The maximum absolute atomic E-state index is 5.18. The fourth-order valence-corrected chi connectivity index (χ4v) is 7.23. The molecule has 4 aromatic heterocycles. The van der Waals surface area contributed by atoms with Gasteiger partial charge in [0.25, 0.3) is 0 Å². The van der Waals surface area contributed by atoms with Gasteiger partial charge in [-0.3, -0.25) is 9.55 Å². The topological polar surface area (TPSA) is 48.5 Å². The zero-order chi connectivity index (χ0) is 34.3. The Hall–Kier alpha value is -6.85. The molecule has 0 N–H and O–H groups in total. The molecule has 5 aromatic carbocycles. The van der Waals surface area contributed by atoms with Gasteiger partial charge in [0.2, 0.25) is 0 Å². The lowest BCUT2D eigenvalue weighted by Crippen LogP contribution is -2.04. The summed E-state index contributed by atoms with van der Waals surface area (Å²) in [6, 6.07) is 50.5. The van der Waals surface area contributed by atoms with Crippen LogP contribution in [0.1, 0.15) is 16.8 Å². The fourth-order valence-electron chi connectivity index (χ4n) is 7.23. The molecule has 51 heavy (non-hydrogen) atoms. The molecule has 242 valence electrons. The van der Waals surface area contributed by atoms with Crippen molar-refractivity contribution in [3.05, 3.63) is 187 Å². The number of para-hydroxylation sites is 2. The zero-order valence-corrected chi connectivity index (χ0v) is 28.1. The molecule has 0 saturated heterocycles. The van der Waals surface area contributed by atoms with E-state index < -0.39 is 0 Å². The van der Waals surface area contributed by atoms with Crippen LogP contribution in [0, 0.1) is 6.92 Å². The first-order chi connectivity index (χ1) is 25.2. The molecule has 9 rings (SSSR count). The summed E-state index contributed by atoms with van der Waals surface area (Å²) in [5.74, 6) is 1.51. The van der Waals surface area contributed by atoms with Gasteiger partial charge in [0.15, 0.2) is 5.82 Å². The summed E-state index contributed by atoms with van der Waals surface area (Å²) in [5, 5.41) is 3.54. The molecule has 0 radical (unpaired) electrons. The lowest BCUT2D eigenvalue weighted by atomic mass is 9.99. The van der Waals surface area contributed by atoms with E-state index in [1.54, 1.807) is 0 Å². The molecule has 5 heteroatoms. The Kier molecular flexibility index (Phi) is 7.44. The summed E-state index contributed by atoms with van der Waals surface area (Å²) in [7, 11) is 0. The first-order valence-electron chi connectivity index (χ1n) is 17.1. The summed E-state index contributed by atoms with van der Waals surface area (Å²) in [4.78, 5) is 14.5. The van der Waals surface area contributed by atoms with Crippen molar-refractivity contribution in [2.45, 2.75) is 6.92 Å². The van der Waals surface area contributed by atoms with Crippen LogP contribution in [0.4, 0.5) is 0 Å². The Balaban J connectivity index is 1.23. The molecule has 0 aliphatic rings. The number of aromatic nitrogens is 5. The third kappa shape index (κ3) is 5.23. The number of pyridine rings is 1. The summed E-state index contributed by atoms with van der Waals surface area (Å²) in [5.41, 5.74) is 11.7. The van der Waals surface area contributed by atoms with E-state index in [9.17, 15) is 0 Å². The average Bonchev–Trinajstić information content (AvgIpc) is 3.68. The molecule has 0 spiro atoms. The van der Waals surface area contributed by atoms with Gasteiger partial charge in [-0.25, -0.2) is 9.97 Å². The van der Waals surface area contributed by atoms with Crippen molar-refractivity contribution in [1.29, 1.82) is 0 Å². The van der Waals surface area contributed by atoms with E-state index in [4.69, 9.17) is 9.97 Å². The summed E-state index contributed by atoms with van der Waals surface area (Å²) >= 11 is 0. The van der Waals surface area contributed by atoms with Crippen LogP contribution in [-0.2, 0) is 0 Å². The van der Waals surface area contributed by atoms with Gasteiger partial charge < -0.3 is 4.57 Å². The minimum Gasteiger partial charge on any atom is -0.309 e. The van der Waals surface area contributed by atoms with Crippen LogP contribution in [-0.4, -0.2) is 24.1 Å². The van der Waals surface area contributed by atoms with Crippen LogP contribution in [0.25, 0.3) is 78.5 Å². The van der Waals surface area contributed by atoms with Crippen LogP contribution in [0.3, 0.4) is 0 Å². The van der Waals surface area contributed by atoms with Gasteiger partial charge in [-0.2, -0.15) is 0 Å². The summed E-state index contributed by atoms with van der Waals surface area (Å²) in [6.45, 7) is 6.46. The molecule has 0 aliphatic heterocycles. The average molecular weight is 656 g/mol. The maximum Gasteiger partial charge on any atom is 0.162 e. The smallest absolute Gasteiger partial charge is 0.162 e. The maximum atomic E-state index is 5.18. The highest BCUT2D eigenvalue weighted by molar-refractivity contribution is 6.11. The zero-order valence-electron chi connectivity index (χ0n) is 28.1. The number of allylic oxidation sites excluding steroid dienone is 2. The molecule has 9 aromatic rings. The van der Waals surface area contributed by atoms with Gasteiger partial charge >= 0.3 is 0 Å². The predicted octanol–water partition coefficient (Wildman–Crippen LogP) is 11.3. The molecule has 0 saturated carbocycles. The van der Waals surface area contributed by atoms with Crippen molar-refractivity contribution in [1.82, 2.24) is 24.1 Å². The van der Waals surface area contributed by atoms with Gasteiger partial charge in [-0.15, -0.1) is 0 Å². The summed E-state index contributed by atoms with van der Waals surface area (Å²) < 4.78 is 4.56. The molecule has 0 aliphatic carbocycles. The van der Waals surface area contributed by atoms with Crippen molar-refractivity contribution in [2.75, 3.05) is 0 Å². The van der Waals surface area contributed by atoms with Gasteiger partial charge in [-0.05, 0) is 60.5 Å². The minimum absolute atomic E-state index is 0.687. The Morgan fingerprint density at radius 3 is 1.94 bits per heavy atom. The second-order valence-corrected chi connectivity index (χ2v) is 12.6. The molecule has 5 nitrogen and oxygen atoms in total. The Morgan fingerprint density at radius 1 is 0.588 bits per heavy atom. The van der Waals surface area contributed by atoms with E-state index in [0.717, 1.165) is 72.7 Å². The van der Waals surface area contributed by atoms with E-state index in [0.29, 0.717) is 5.82 Å². The van der Waals surface area contributed by atoms with Gasteiger partial charge in [0.05, 0.1) is 22.2 Å². The quantitative estimate of drug-likeness (QED) is 0.161. The second-order valence-electron chi connectivity index (χ2n) is 12.6. The van der Waals surface area contributed by atoms with Crippen LogP contribution >= 0.6 is 0 Å². The normalized spacial score (nSPS) is 11.8. The Labute approximate surface area is 296 Å². The Morgan fingerprint density at radius 2 is 1.22 bits per heavy atom. The van der Waals surface area contributed by atoms with Gasteiger partial charge in [0, 0.05) is 62.7 Å². The third-order valence-electron chi connectivity index (χ3n) is 9.65. The van der Waals surface area contributed by atoms with Gasteiger partial charge in [-0.1, -0.05) is 116 Å². The van der Waals surface area contributed by atoms with Crippen LogP contribution < -0.4 is 0 Å². The lowest BCUT2D eigenvalue weighted by molar-refractivity contribution is 0.977. The first-order valence-corrected chi connectivity index (χ1v) is 17.1. The van der Waals surface area contributed by atoms with Crippen LogP contribution in [0.15, 0.2) is 171 Å². The van der Waals surface area contributed by atoms with Crippen molar-refractivity contribution < 1.29 is 0 Å². The monoisotopic (exact) mass is 655 g/mol. The molecule has 0 atom stereocenters. The van der Waals surface area contributed by atoms with E-state index in [-0.39, 0.29) is 0 Å². The highest BCUT2D eigenvalue weighted by Gasteiger charge is 2.19. The highest BCUT2D eigenvalue weighted by Crippen LogP contribution is 2.37. The molecule has 0 bridgehead atoms. The minimum atomic E-state index is 0.687. The molecule has 0 amide bonds. The van der Waals surface area contributed by atoms with E-state index >= 15 is 0 Å². The Bertz CT molecular complexity index is 2700. The van der Waals surface area contributed by atoms with Crippen LogP contribution in [0.5, 0.6) is 0 Å². The molecule has 0 fully saturated rings. The highest BCUT2D eigenvalue weighted by atomic mass is 15.1. The van der Waals surface area contributed by atoms with Crippen molar-refractivity contribution >= 4 is 44.4 Å². The number of hydrogen-bond donors (Lipinski definition) is 0. The van der Waals surface area contributed by atoms with Crippen molar-refractivity contribution in [3.63, 3.8) is 0 Å². The number of benzene rings is 5. The molecular weight excluding hydrogens is 623 g/mol. The molecular formula is C46H33N5. The SMILES string of the molecule is C=C/C(=C\c1c(C)n(-c2cc(-c3ccccc3)nc(-c3ccccc3)n2)c2ccccc12)c1ccc2c(c1)c1ccccc1n2-c1ccncc1.